The van der Waals surface area contributed by atoms with Crippen LogP contribution in [0.25, 0.3) is 11.0 Å². The molecule has 1 aromatic carbocycles. The molecule has 2 aromatic rings. The second-order valence-electron chi connectivity index (χ2n) is 7.97. The Morgan fingerprint density at radius 3 is 2.71 bits per heavy atom. The lowest BCUT2D eigenvalue weighted by molar-refractivity contribution is 0.0162. The average molecular weight is 388 g/mol. The van der Waals surface area contributed by atoms with Crippen molar-refractivity contribution in [2.24, 2.45) is 5.73 Å². The molecule has 2 heterocycles. The Balaban J connectivity index is 1.59. The predicted molar refractivity (Wildman–Crippen MR) is 105 cm³/mol. The highest BCUT2D eigenvalue weighted by molar-refractivity contribution is 5.97. The zero-order chi connectivity index (χ0) is 19.8. The molecule has 152 valence electrons. The highest BCUT2D eigenvalue weighted by Crippen LogP contribution is 2.30. The molecule has 2 atom stereocenters. The van der Waals surface area contributed by atoms with E-state index in [1.54, 1.807) is 28.7 Å². The molecule has 0 radical (unpaired) electrons. The Morgan fingerprint density at radius 2 is 2.00 bits per heavy atom. The van der Waals surface area contributed by atoms with Crippen molar-refractivity contribution in [1.29, 1.82) is 0 Å². The van der Waals surface area contributed by atoms with Crippen LogP contribution >= 0.6 is 0 Å². The van der Waals surface area contributed by atoms with E-state index in [9.17, 15) is 14.7 Å². The number of hydrogen-bond acceptors (Lipinski definition) is 5. The maximum atomic E-state index is 12.9. The molecule has 0 unspecified atom stereocenters. The Labute approximate surface area is 163 Å². The first-order chi connectivity index (χ1) is 13.5. The van der Waals surface area contributed by atoms with E-state index in [0.717, 1.165) is 18.4 Å². The summed E-state index contributed by atoms with van der Waals surface area (Å²) in [6.07, 6.45) is 3.24. The lowest BCUT2D eigenvalue weighted by atomic mass is 9.93. The summed E-state index contributed by atoms with van der Waals surface area (Å²) >= 11 is 0. The first-order valence-corrected chi connectivity index (χ1v) is 9.98. The number of likely N-dealkylation sites (tertiary alicyclic amines) is 1. The minimum absolute atomic E-state index is 0.0593. The van der Waals surface area contributed by atoms with Crippen LogP contribution < -0.4 is 11.4 Å². The number of piperidine rings is 1. The lowest BCUT2D eigenvalue weighted by Gasteiger charge is -2.36. The Kier molecular flexibility index (Phi) is 5.27. The van der Waals surface area contributed by atoms with Crippen LogP contribution in [-0.2, 0) is 4.74 Å². The quantitative estimate of drug-likeness (QED) is 0.726. The van der Waals surface area contributed by atoms with Crippen LogP contribution in [0.2, 0.25) is 0 Å². The summed E-state index contributed by atoms with van der Waals surface area (Å²) in [5.74, 6) is -0.0785. The molecule has 1 aromatic heterocycles. The van der Waals surface area contributed by atoms with Gasteiger partial charge in [0, 0.05) is 37.8 Å². The number of aromatic nitrogens is 2. The second kappa shape index (κ2) is 7.69. The lowest BCUT2D eigenvalue weighted by Crippen LogP contribution is -2.53. The number of nitrogens with one attached hydrogen (secondary N) is 1. The van der Waals surface area contributed by atoms with Crippen molar-refractivity contribution in [3.8, 4) is 0 Å². The van der Waals surface area contributed by atoms with Gasteiger partial charge < -0.3 is 25.5 Å². The van der Waals surface area contributed by atoms with Gasteiger partial charge in [0.15, 0.2) is 0 Å². The minimum atomic E-state index is -0.269. The van der Waals surface area contributed by atoms with Crippen LogP contribution in [0.1, 0.15) is 48.5 Å². The van der Waals surface area contributed by atoms with Gasteiger partial charge in [-0.2, -0.15) is 0 Å². The number of imidazole rings is 1. The van der Waals surface area contributed by atoms with Gasteiger partial charge in [-0.15, -0.1) is 0 Å². The molecule has 1 amide bonds. The monoisotopic (exact) mass is 388 g/mol. The average Bonchev–Trinajstić information content (AvgIpc) is 3.03. The summed E-state index contributed by atoms with van der Waals surface area (Å²) in [4.78, 5) is 30.1. The van der Waals surface area contributed by atoms with Gasteiger partial charge in [-0.3, -0.25) is 9.36 Å². The number of carbonyl (C=O) groups excluding carboxylic acids is 1. The van der Waals surface area contributed by atoms with E-state index < -0.39 is 0 Å². The molecular formula is C20H28N4O4. The molecule has 2 aliphatic rings. The Bertz CT molecular complexity index is 913. The molecule has 2 fully saturated rings. The smallest absolute Gasteiger partial charge is 0.326 e. The van der Waals surface area contributed by atoms with Gasteiger partial charge in [0.25, 0.3) is 5.91 Å². The number of methoxy groups -OCH3 is 1. The SMILES string of the molecule is CO[C@@H]1CN(C(=O)c2ccc3c(c2)[nH]c(=O)n3C2CCC(O)CC2)CC[C@@H]1N. The molecule has 0 spiro atoms. The van der Waals surface area contributed by atoms with Crippen LogP contribution in [-0.4, -0.2) is 63.9 Å². The van der Waals surface area contributed by atoms with E-state index in [-0.39, 0.29) is 35.9 Å². The van der Waals surface area contributed by atoms with Gasteiger partial charge in [-0.1, -0.05) is 0 Å². The van der Waals surface area contributed by atoms with Crippen LogP contribution in [0.4, 0.5) is 0 Å². The van der Waals surface area contributed by atoms with Crippen molar-refractivity contribution in [2.45, 2.75) is 56.4 Å². The number of nitrogens with two attached hydrogens (primary N) is 1. The van der Waals surface area contributed by atoms with Gasteiger partial charge in [0.05, 0.1) is 23.2 Å². The number of aliphatic hydroxyl groups is 1. The van der Waals surface area contributed by atoms with Crippen molar-refractivity contribution in [3.05, 3.63) is 34.2 Å². The van der Waals surface area contributed by atoms with Gasteiger partial charge in [0.2, 0.25) is 0 Å². The first-order valence-electron chi connectivity index (χ1n) is 9.98. The molecule has 4 rings (SSSR count). The van der Waals surface area contributed by atoms with Crippen LogP contribution in [0.15, 0.2) is 23.0 Å². The topological polar surface area (TPSA) is 114 Å². The van der Waals surface area contributed by atoms with Crippen LogP contribution in [0.5, 0.6) is 0 Å². The molecular weight excluding hydrogens is 360 g/mol. The number of carbonyl (C=O) groups is 1. The van der Waals surface area contributed by atoms with Crippen LogP contribution in [0.3, 0.4) is 0 Å². The second-order valence-corrected chi connectivity index (χ2v) is 7.97. The molecule has 4 N–H and O–H groups in total. The Hall–Kier alpha value is -2.16. The summed E-state index contributed by atoms with van der Waals surface area (Å²) in [5, 5.41) is 9.73. The summed E-state index contributed by atoms with van der Waals surface area (Å²) in [7, 11) is 1.61. The molecule has 1 saturated carbocycles. The van der Waals surface area contributed by atoms with Crippen molar-refractivity contribution in [1.82, 2.24) is 14.5 Å². The van der Waals surface area contributed by atoms with Crippen molar-refractivity contribution in [3.63, 3.8) is 0 Å². The summed E-state index contributed by atoms with van der Waals surface area (Å²) in [6, 6.07) is 5.40. The molecule has 1 saturated heterocycles. The fourth-order valence-electron chi connectivity index (χ4n) is 4.49. The highest BCUT2D eigenvalue weighted by Gasteiger charge is 2.30. The van der Waals surface area contributed by atoms with Crippen molar-refractivity contribution in [2.75, 3.05) is 20.2 Å². The highest BCUT2D eigenvalue weighted by atomic mass is 16.5. The van der Waals surface area contributed by atoms with Crippen LogP contribution in [0, 0.1) is 0 Å². The van der Waals surface area contributed by atoms with Crippen molar-refractivity contribution < 1.29 is 14.6 Å². The largest absolute Gasteiger partial charge is 0.393 e. The fourth-order valence-corrected chi connectivity index (χ4v) is 4.49. The number of aromatic amines is 1. The van der Waals surface area contributed by atoms with Crippen molar-refractivity contribution >= 4 is 16.9 Å². The molecule has 28 heavy (non-hydrogen) atoms. The standard InChI is InChI=1S/C20H28N4O4/c1-28-18-11-23(9-8-15(18)21)19(26)12-2-7-17-16(10-12)22-20(27)24(17)13-3-5-14(25)6-4-13/h2,7,10,13-15,18,25H,3-6,8-9,11,21H2,1H3,(H,22,27)/t13?,14?,15-,18+/m0/s1. The first kappa shape index (κ1) is 19.2. The zero-order valence-electron chi connectivity index (χ0n) is 16.1. The molecule has 8 heteroatoms. The predicted octanol–water partition coefficient (Wildman–Crippen LogP) is 0.994. The van der Waals surface area contributed by atoms with Gasteiger partial charge >= 0.3 is 5.69 Å². The van der Waals surface area contributed by atoms with Gasteiger partial charge in [0.1, 0.15) is 0 Å². The van der Waals surface area contributed by atoms with E-state index >= 15 is 0 Å². The molecule has 1 aliphatic carbocycles. The van der Waals surface area contributed by atoms with Gasteiger partial charge in [-0.05, 0) is 50.3 Å². The van der Waals surface area contributed by atoms with E-state index in [2.05, 4.69) is 4.98 Å². The molecule has 8 nitrogen and oxygen atoms in total. The minimum Gasteiger partial charge on any atom is -0.393 e. The normalized spacial score (nSPS) is 28.6. The number of H-pyrrole nitrogens is 1. The third kappa shape index (κ3) is 3.47. The molecule has 0 bridgehead atoms. The van der Waals surface area contributed by atoms with E-state index in [0.29, 0.717) is 43.4 Å². The number of hydrogen-bond donors (Lipinski definition) is 3. The number of rotatable bonds is 3. The third-order valence-corrected chi connectivity index (χ3v) is 6.20. The molecule has 1 aliphatic heterocycles. The summed E-state index contributed by atoms with van der Waals surface area (Å²) in [5.41, 5.74) is 7.90. The fraction of sp³-hybridized carbons (Fsp3) is 0.600. The summed E-state index contributed by atoms with van der Waals surface area (Å²) in [6.45, 7) is 1.07. The van der Waals surface area contributed by atoms with E-state index in [4.69, 9.17) is 10.5 Å². The van der Waals surface area contributed by atoms with E-state index in [1.807, 2.05) is 6.07 Å². The number of ether oxygens (including phenoxy) is 1. The number of amides is 1. The number of nitrogens with zero attached hydrogens (tertiary/aromatic N) is 2. The van der Waals surface area contributed by atoms with E-state index in [1.165, 1.54) is 0 Å². The maximum absolute atomic E-state index is 12.9. The van der Waals surface area contributed by atoms with Gasteiger partial charge in [-0.25, -0.2) is 4.79 Å². The number of fused-ring (bicyclic) bond motifs is 1. The Morgan fingerprint density at radius 1 is 1.25 bits per heavy atom. The maximum Gasteiger partial charge on any atom is 0.326 e. The number of aliphatic hydroxyl groups excluding tert-OH is 1. The zero-order valence-corrected chi connectivity index (χ0v) is 16.1. The third-order valence-electron chi connectivity index (χ3n) is 6.20. The summed E-state index contributed by atoms with van der Waals surface area (Å²) < 4.78 is 7.17. The number of benzene rings is 1.